The summed E-state index contributed by atoms with van der Waals surface area (Å²) in [5, 5.41) is 1.15. The molecule has 2 aliphatic heterocycles. The quantitative estimate of drug-likeness (QED) is 0.643. The zero-order valence-electron chi connectivity index (χ0n) is 17.6. The standard InChI is InChI=1S/C21H28Cl2N2O4/c1-13-17-14(10-15(22)11-16(17)23)6-7-25(13)18(26)21(5)12-24(8-9-28-21)19(27)29-20(2,3)4/h10-11,13H,6-9,12H2,1-5H3/t13-,21?/m0/s1. The number of nitrogens with zero attached hydrogens (tertiary/aromatic N) is 2. The van der Waals surface area contributed by atoms with Gasteiger partial charge in [0.1, 0.15) is 5.60 Å². The normalized spacial score (nSPS) is 24.9. The molecule has 3 rings (SSSR count). The molecular weight excluding hydrogens is 415 g/mol. The maximum atomic E-state index is 13.5. The minimum absolute atomic E-state index is 0.144. The highest BCUT2D eigenvalue weighted by atomic mass is 35.5. The molecule has 1 unspecified atom stereocenters. The number of amides is 2. The van der Waals surface area contributed by atoms with Crippen LogP contribution in [0.25, 0.3) is 0 Å². The number of fused-ring (bicyclic) bond motifs is 1. The van der Waals surface area contributed by atoms with E-state index in [2.05, 4.69) is 0 Å². The lowest BCUT2D eigenvalue weighted by atomic mass is 9.91. The molecule has 8 heteroatoms. The molecule has 1 saturated heterocycles. The lowest BCUT2D eigenvalue weighted by molar-refractivity contribution is -0.168. The minimum Gasteiger partial charge on any atom is -0.444 e. The van der Waals surface area contributed by atoms with Crippen molar-refractivity contribution in [3.05, 3.63) is 33.3 Å². The van der Waals surface area contributed by atoms with Gasteiger partial charge >= 0.3 is 6.09 Å². The zero-order chi connectivity index (χ0) is 21.6. The Morgan fingerprint density at radius 1 is 1.24 bits per heavy atom. The molecule has 160 valence electrons. The van der Waals surface area contributed by atoms with Crippen LogP contribution in [0.3, 0.4) is 0 Å². The molecule has 0 saturated carbocycles. The van der Waals surface area contributed by atoms with Gasteiger partial charge in [0.15, 0.2) is 5.60 Å². The molecule has 1 aromatic rings. The van der Waals surface area contributed by atoms with Gasteiger partial charge < -0.3 is 19.3 Å². The van der Waals surface area contributed by atoms with Gasteiger partial charge in [0.05, 0.1) is 19.2 Å². The van der Waals surface area contributed by atoms with Gasteiger partial charge in [-0.2, -0.15) is 0 Å². The summed E-state index contributed by atoms with van der Waals surface area (Å²) in [6, 6.07) is 3.40. The topological polar surface area (TPSA) is 59.1 Å². The molecule has 0 aliphatic carbocycles. The van der Waals surface area contributed by atoms with Crippen LogP contribution in [0.5, 0.6) is 0 Å². The van der Waals surface area contributed by atoms with Crippen LogP contribution < -0.4 is 0 Å². The number of hydrogen-bond acceptors (Lipinski definition) is 4. The van der Waals surface area contributed by atoms with Crippen LogP contribution in [0.15, 0.2) is 12.1 Å². The molecule has 0 N–H and O–H groups in total. The van der Waals surface area contributed by atoms with E-state index in [0.29, 0.717) is 29.6 Å². The van der Waals surface area contributed by atoms with Crippen molar-refractivity contribution in [3.8, 4) is 0 Å². The fraction of sp³-hybridized carbons (Fsp3) is 0.619. The number of halogens is 2. The maximum Gasteiger partial charge on any atom is 0.410 e. The van der Waals surface area contributed by atoms with Gasteiger partial charge in [-0.15, -0.1) is 0 Å². The van der Waals surface area contributed by atoms with Crippen LogP contribution >= 0.6 is 23.2 Å². The van der Waals surface area contributed by atoms with Crippen molar-refractivity contribution in [2.45, 2.75) is 58.3 Å². The second kappa shape index (κ2) is 7.97. The molecule has 1 fully saturated rings. The Morgan fingerprint density at radius 3 is 2.59 bits per heavy atom. The summed E-state index contributed by atoms with van der Waals surface area (Å²) in [6.07, 6.45) is 0.229. The van der Waals surface area contributed by atoms with Crippen LogP contribution in [0, 0.1) is 0 Å². The van der Waals surface area contributed by atoms with Gasteiger partial charge in [-0.1, -0.05) is 23.2 Å². The molecule has 2 aliphatic rings. The largest absolute Gasteiger partial charge is 0.444 e. The van der Waals surface area contributed by atoms with Crippen LogP contribution in [-0.2, 0) is 20.7 Å². The molecule has 0 radical (unpaired) electrons. The molecule has 2 heterocycles. The third-order valence-corrected chi connectivity index (χ3v) is 5.86. The predicted octanol–water partition coefficient (Wildman–Crippen LogP) is 4.47. The Morgan fingerprint density at radius 2 is 1.93 bits per heavy atom. The van der Waals surface area contributed by atoms with Crippen LogP contribution in [0.2, 0.25) is 10.0 Å². The van der Waals surface area contributed by atoms with E-state index in [1.54, 1.807) is 22.8 Å². The number of hydrogen-bond donors (Lipinski definition) is 0. The monoisotopic (exact) mass is 442 g/mol. The van der Waals surface area contributed by atoms with E-state index in [4.69, 9.17) is 32.7 Å². The van der Waals surface area contributed by atoms with E-state index in [-0.39, 0.29) is 25.1 Å². The van der Waals surface area contributed by atoms with E-state index >= 15 is 0 Å². The van der Waals surface area contributed by atoms with Crippen molar-refractivity contribution in [2.75, 3.05) is 26.2 Å². The Hall–Kier alpha value is -1.50. The van der Waals surface area contributed by atoms with Crippen LogP contribution in [0.1, 0.15) is 51.8 Å². The number of ether oxygens (including phenoxy) is 2. The average Bonchev–Trinajstić information content (AvgIpc) is 2.59. The molecule has 1 aromatic carbocycles. The highest BCUT2D eigenvalue weighted by molar-refractivity contribution is 6.35. The van der Waals surface area contributed by atoms with Crippen molar-refractivity contribution in [1.29, 1.82) is 0 Å². The SMILES string of the molecule is C[C@H]1c2c(Cl)cc(Cl)cc2CCN1C(=O)C1(C)CN(C(=O)OC(C)(C)C)CCO1. The summed E-state index contributed by atoms with van der Waals surface area (Å²) >= 11 is 12.6. The minimum atomic E-state index is -1.14. The summed E-state index contributed by atoms with van der Waals surface area (Å²) < 4.78 is 11.3. The fourth-order valence-corrected chi connectivity index (χ4v) is 4.66. The van der Waals surface area contributed by atoms with Crippen molar-refractivity contribution in [3.63, 3.8) is 0 Å². The number of morpholine rings is 1. The molecule has 29 heavy (non-hydrogen) atoms. The predicted molar refractivity (Wildman–Crippen MR) is 112 cm³/mol. The molecule has 0 bridgehead atoms. The molecule has 2 amide bonds. The van der Waals surface area contributed by atoms with Gasteiger partial charge in [-0.3, -0.25) is 4.79 Å². The Balaban J connectivity index is 1.79. The first kappa shape index (κ1) is 22.2. The lowest BCUT2D eigenvalue weighted by Crippen LogP contribution is -2.61. The number of carbonyl (C=O) groups excluding carboxylic acids is 2. The van der Waals surface area contributed by atoms with Gasteiger partial charge in [0.25, 0.3) is 5.91 Å². The zero-order valence-corrected chi connectivity index (χ0v) is 19.1. The Bertz CT molecular complexity index is 824. The van der Waals surface area contributed by atoms with Crippen molar-refractivity contribution < 1.29 is 19.1 Å². The second-order valence-corrected chi connectivity index (χ2v) is 9.71. The first-order valence-corrected chi connectivity index (χ1v) is 10.6. The van der Waals surface area contributed by atoms with Crippen LogP contribution in [0.4, 0.5) is 4.79 Å². The van der Waals surface area contributed by atoms with E-state index in [0.717, 1.165) is 11.1 Å². The molecule has 6 nitrogen and oxygen atoms in total. The number of benzene rings is 1. The van der Waals surface area contributed by atoms with E-state index in [1.165, 1.54) is 0 Å². The highest BCUT2D eigenvalue weighted by Crippen LogP contribution is 2.38. The van der Waals surface area contributed by atoms with Gasteiger partial charge in [0, 0.05) is 23.1 Å². The Labute approximate surface area is 182 Å². The van der Waals surface area contributed by atoms with E-state index in [1.807, 2.05) is 33.8 Å². The summed E-state index contributed by atoms with van der Waals surface area (Å²) in [4.78, 5) is 29.3. The molecule has 0 spiro atoms. The maximum absolute atomic E-state index is 13.5. The summed E-state index contributed by atoms with van der Waals surface area (Å²) in [7, 11) is 0. The summed E-state index contributed by atoms with van der Waals surface area (Å²) in [5.74, 6) is -0.157. The van der Waals surface area contributed by atoms with Crippen molar-refractivity contribution in [2.24, 2.45) is 0 Å². The van der Waals surface area contributed by atoms with Gasteiger partial charge in [0.2, 0.25) is 0 Å². The van der Waals surface area contributed by atoms with Gasteiger partial charge in [-0.25, -0.2) is 4.79 Å². The van der Waals surface area contributed by atoms with E-state index in [9.17, 15) is 9.59 Å². The third kappa shape index (κ3) is 4.65. The highest BCUT2D eigenvalue weighted by Gasteiger charge is 2.46. The summed E-state index contributed by atoms with van der Waals surface area (Å²) in [6.45, 7) is 10.5. The van der Waals surface area contributed by atoms with Crippen LogP contribution in [-0.4, -0.2) is 59.2 Å². The Kier molecular flexibility index (Phi) is 6.10. The first-order valence-electron chi connectivity index (χ1n) is 9.82. The fourth-order valence-electron chi connectivity index (χ4n) is 3.97. The summed E-state index contributed by atoms with van der Waals surface area (Å²) in [5.41, 5.74) is 0.238. The van der Waals surface area contributed by atoms with Crippen molar-refractivity contribution in [1.82, 2.24) is 9.80 Å². The van der Waals surface area contributed by atoms with Gasteiger partial charge in [-0.05, 0) is 64.3 Å². The first-order chi connectivity index (χ1) is 13.4. The lowest BCUT2D eigenvalue weighted by Gasteiger charge is -2.45. The smallest absolute Gasteiger partial charge is 0.410 e. The molecular formula is C21H28Cl2N2O4. The van der Waals surface area contributed by atoms with E-state index < -0.39 is 17.3 Å². The number of carbonyl (C=O) groups is 2. The molecule has 2 atom stereocenters. The average molecular weight is 443 g/mol. The number of rotatable bonds is 1. The third-order valence-electron chi connectivity index (χ3n) is 5.33. The second-order valence-electron chi connectivity index (χ2n) is 8.87. The van der Waals surface area contributed by atoms with Crippen molar-refractivity contribution >= 4 is 35.2 Å². The molecule has 0 aromatic heterocycles.